The van der Waals surface area contributed by atoms with Gasteiger partial charge in [0, 0.05) is 36.5 Å². The highest BCUT2D eigenvalue weighted by molar-refractivity contribution is 6.30. The van der Waals surface area contributed by atoms with Crippen molar-refractivity contribution >= 4 is 23.3 Å². The van der Waals surface area contributed by atoms with Gasteiger partial charge in [-0.15, -0.1) is 0 Å². The number of rotatable bonds is 10. The molecule has 0 spiro atoms. The Bertz CT molecular complexity index is 738. The molecule has 27 heavy (non-hydrogen) atoms. The molecule has 1 amide bonds. The van der Waals surface area contributed by atoms with Gasteiger partial charge in [-0.2, -0.15) is 0 Å². The molecule has 5 heteroatoms. The number of hydrogen-bond donors (Lipinski definition) is 1. The van der Waals surface area contributed by atoms with Crippen LogP contribution < -0.4 is 5.32 Å². The van der Waals surface area contributed by atoms with Crippen molar-refractivity contribution in [3.63, 3.8) is 0 Å². The van der Waals surface area contributed by atoms with Crippen LogP contribution in [0.3, 0.4) is 0 Å². The Morgan fingerprint density at radius 3 is 2.07 bits per heavy atom. The van der Waals surface area contributed by atoms with Gasteiger partial charge in [0.1, 0.15) is 0 Å². The molecule has 0 aromatic heterocycles. The minimum Gasteiger partial charge on any atom is -0.352 e. The molecular weight excluding hydrogens is 360 g/mol. The fourth-order valence-electron chi connectivity index (χ4n) is 2.76. The zero-order chi connectivity index (χ0) is 19.6. The summed E-state index contributed by atoms with van der Waals surface area (Å²) in [5.74, 6) is -0.174. The second-order valence-corrected chi connectivity index (χ2v) is 6.92. The first-order valence-electron chi connectivity index (χ1n) is 9.37. The van der Waals surface area contributed by atoms with Gasteiger partial charge in [0.25, 0.3) is 0 Å². The van der Waals surface area contributed by atoms with Gasteiger partial charge < -0.3 is 5.32 Å². The van der Waals surface area contributed by atoms with Crippen LogP contribution in [0.2, 0.25) is 5.02 Å². The second-order valence-electron chi connectivity index (χ2n) is 6.48. The highest BCUT2D eigenvalue weighted by Crippen LogP contribution is 2.12. The minimum atomic E-state index is -0.121. The van der Waals surface area contributed by atoms with Gasteiger partial charge in [0.15, 0.2) is 5.78 Å². The molecule has 2 rings (SSSR count). The smallest absolute Gasteiger partial charge is 0.220 e. The molecule has 0 radical (unpaired) electrons. The Kier molecular flexibility index (Phi) is 8.49. The predicted molar refractivity (Wildman–Crippen MR) is 110 cm³/mol. The van der Waals surface area contributed by atoms with Crippen molar-refractivity contribution in [1.29, 1.82) is 0 Å². The van der Waals surface area contributed by atoms with Gasteiger partial charge in [-0.1, -0.05) is 49.7 Å². The number of amides is 1. The van der Waals surface area contributed by atoms with Crippen molar-refractivity contribution < 1.29 is 9.59 Å². The summed E-state index contributed by atoms with van der Waals surface area (Å²) in [4.78, 5) is 26.4. The number of carbonyl (C=O) groups excluding carboxylic acids is 2. The Morgan fingerprint density at radius 1 is 0.889 bits per heavy atom. The van der Waals surface area contributed by atoms with E-state index in [1.807, 2.05) is 12.1 Å². The maximum atomic E-state index is 12.1. The van der Waals surface area contributed by atoms with Crippen LogP contribution in [-0.2, 0) is 17.9 Å². The van der Waals surface area contributed by atoms with Crippen LogP contribution in [0.25, 0.3) is 0 Å². The average Bonchev–Trinajstić information content (AvgIpc) is 2.70. The molecule has 0 bridgehead atoms. The molecule has 1 N–H and O–H groups in total. The quantitative estimate of drug-likeness (QED) is 0.613. The molecule has 0 saturated carbocycles. The van der Waals surface area contributed by atoms with Crippen LogP contribution in [0.1, 0.15) is 48.2 Å². The number of ketones is 1. The summed E-state index contributed by atoms with van der Waals surface area (Å²) in [5.41, 5.74) is 2.90. The number of nitrogens with one attached hydrogen (secondary N) is 1. The average molecular weight is 387 g/mol. The summed E-state index contributed by atoms with van der Waals surface area (Å²) in [5, 5.41) is 3.46. The van der Waals surface area contributed by atoms with Crippen molar-refractivity contribution in [2.45, 2.75) is 39.8 Å². The van der Waals surface area contributed by atoms with Crippen molar-refractivity contribution in [1.82, 2.24) is 10.2 Å². The van der Waals surface area contributed by atoms with Gasteiger partial charge in [-0.25, -0.2) is 0 Å². The van der Waals surface area contributed by atoms with Crippen LogP contribution in [0.4, 0.5) is 0 Å². The summed E-state index contributed by atoms with van der Waals surface area (Å²) in [6, 6.07) is 15.0. The Labute approximate surface area is 166 Å². The summed E-state index contributed by atoms with van der Waals surface area (Å²) < 4.78 is 0. The third kappa shape index (κ3) is 7.16. The number of halogens is 1. The predicted octanol–water partition coefficient (Wildman–Crippen LogP) is 4.46. The van der Waals surface area contributed by atoms with Crippen LogP contribution in [-0.4, -0.2) is 29.7 Å². The van der Waals surface area contributed by atoms with Crippen molar-refractivity contribution in [3.05, 3.63) is 70.2 Å². The third-order valence-corrected chi connectivity index (χ3v) is 4.81. The van der Waals surface area contributed by atoms with E-state index in [2.05, 4.69) is 36.2 Å². The summed E-state index contributed by atoms with van der Waals surface area (Å²) >= 11 is 5.81. The number of benzene rings is 2. The van der Waals surface area contributed by atoms with Crippen molar-refractivity contribution in [2.75, 3.05) is 13.1 Å². The maximum absolute atomic E-state index is 12.1. The Morgan fingerprint density at radius 2 is 1.48 bits per heavy atom. The van der Waals surface area contributed by atoms with Gasteiger partial charge in [-0.05, 0) is 48.5 Å². The summed E-state index contributed by atoms with van der Waals surface area (Å²) in [6.07, 6.45) is 0.373. The first-order valence-corrected chi connectivity index (χ1v) is 9.75. The molecule has 0 aliphatic rings. The zero-order valence-electron chi connectivity index (χ0n) is 16.0. The number of hydrogen-bond acceptors (Lipinski definition) is 3. The van der Waals surface area contributed by atoms with Gasteiger partial charge in [0.2, 0.25) is 5.91 Å². The molecular formula is C22H27ClN2O2. The fourth-order valence-corrected chi connectivity index (χ4v) is 2.89. The molecule has 0 unspecified atom stereocenters. The van der Waals surface area contributed by atoms with E-state index < -0.39 is 0 Å². The van der Waals surface area contributed by atoms with Gasteiger partial charge >= 0.3 is 0 Å². The SMILES string of the molecule is CCN(CC)Cc1ccc(CNC(=O)CCC(=O)c2ccc(Cl)cc2)cc1. The molecule has 0 atom stereocenters. The molecule has 144 valence electrons. The van der Waals surface area contributed by atoms with Crippen LogP contribution in [0.5, 0.6) is 0 Å². The largest absolute Gasteiger partial charge is 0.352 e. The van der Waals surface area contributed by atoms with Crippen LogP contribution >= 0.6 is 11.6 Å². The van der Waals surface area contributed by atoms with E-state index in [4.69, 9.17) is 11.6 Å². The van der Waals surface area contributed by atoms with Gasteiger partial charge in [0.05, 0.1) is 0 Å². The lowest BCUT2D eigenvalue weighted by molar-refractivity contribution is -0.121. The van der Waals surface area contributed by atoms with E-state index >= 15 is 0 Å². The summed E-state index contributed by atoms with van der Waals surface area (Å²) in [7, 11) is 0. The van der Waals surface area contributed by atoms with E-state index in [1.165, 1.54) is 5.56 Å². The van der Waals surface area contributed by atoms with Crippen LogP contribution in [0, 0.1) is 0 Å². The number of nitrogens with zero attached hydrogens (tertiary/aromatic N) is 1. The highest BCUT2D eigenvalue weighted by atomic mass is 35.5. The van der Waals surface area contributed by atoms with E-state index in [9.17, 15) is 9.59 Å². The molecule has 0 aliphatic heterocycles. The normalized spacial score (nSPS) is 10.8. The topological polar surface area (TPSA) is 49.4 Å². The van der Waals surface area contributed by atoms with E-state index in [0.717, 1.165) is 25.2 Å². The van der Waals surface area contributed by atoms with E-state index in [-0.39, 0.29) is 24.5 Å². The highest BCUT2D eigenvalue weighted by Gasteiger charge is 2.09. The molecule has 4 nitrogen and oxygen atoms in total. The first-order chi connectivity index (χ1) is 13.0. The molecule has 0 aliphatic carbocycles. The lowest BCUT2D eigenvalue weighted by atomic mass is 10.1. The lowest BCUT2D eigenvalue weighted by Gasteiger charge is -2.18. The van der Waals surface area contributed by atoms with Gasteiger partial charge in [-0.3, -0.25) is 14.5 Å². The zero-order valence-corrected chi connectivity index (χ0v) is 16.8. The summed E-state index contributed by atoms with van der Waals surface area (Å²) in [6.45, 7) is 7.79. The monoisotopic (exact) mass is 386 g/mol. The Hall–Kier alpha value is -2.17. The number of carbonyl (C=O) groups is 2. The lowest BCUT2D eigenvalue weighted by Crippen LogP contribution is -2.23. The Balaban J connectivity index is 1.75. The second kappa shape index (κ2) is 10.9. The first kappa shape index (κ1) is 21.1. The van der Waals surface area contributed by atoms with E-state index in [1.54, 1.807) is 24.3 Å². The van der Waals surface area contributed by atoms with E-state index in [0.29, 0.717) is 17.1 Å². The van der Waals surface area contributed by atoms with Crippen molar-refractivity contribution in [2.24, 2.45) is 0 Å². The number of Topliss-reactive ketones (excluding diaryl/α,β-unsaturated/α-hetero) is 1. The third-order valence-electron chi connectivity index (χ3n) is 4.56. The van der Waals surface area contributed by atoms with Crippen molar-refractivity contribution in [3.8, 4) is 0 Å². The maximum Gasteiger partial charge on any atom is 0.220 e. The molecule has 2 aromatic rings. The fraction of sp³-hybridized carbons (Fsp3) is 0.364. The molecule has 0 saturated heterocycles. The molecule has 0 heterocycles. The van der Waals surface area contributed by atoms with Crippen LogP contribution in [0.15, 0.2) is 48.5 Å². The standard InChI is InChI=1S/C22H27ClN2O2/c1-3-25(4-2)16-18-7-5-17(6-8-18)15-24-22(27)14-13-21(26)19-9-11-20(23)12-10-19/h5-12H,3-4,13-16H2,1-2H3,(H,24,27). The molecule has 0 fully saturated rings. The molecule has 2 aromatic carbocycles. The minimum absolute atomic E-state index is 0.0532.